The van der Waals surface area contributed by atoms with E-state index in [4.69, 9.17) is 10.7 Å². The van der Waals surface area contributed by atoms with Crippen molar-refractivity contribution in [1.29, 1.82) is 0 Å². The highest BCUT2D eigenvalue weighted by Crippen LogP contribution is 2.30. The van der Waals surface area contributed by atoms with Crippen molar-refractivity contribution in [2.24, 2.45) is 18.7 Å². The first-order valence-electron chi connectivity index (χ1n) is 11.1. The summed E-state index contributed by atoms with van der Waals surface area (Å²) in [5, 5.41) is 10.1. The number of amides is 2. The molecule has 1 fully saturated rings. The molecule has 1 aliphatic heterocycles. The summed E-state index contributed by atoms with van der Waals surface area (Å²) in [4.78, 5) is 37.2. The number of rotatable bonds is 5. The molecule has 0 spiro atoms. The van der Waals surface area contributed by atoms with Crippen molar-refractivity contribution in [2.75, 3.05) is 23.3 Å². The largest absolute Gasteiger partial charge is 0.369 e. The van der Waals surface area contributed by atoms with E-state index in [1.807, 2.05) is 49.7 Å². The number of hydrogen-bond acceptors (Lipinski definition) is 7. The maximum atomic E-state index is 13.4. The number of nitrogens with zero attached hydrogens (tertiary/aromatic N) is 5. The monoisotopic (exact) mass is 475 g/mol. The minimum Gasteiger partial charge on any atom is -0.369 e. The summed E-state index contributed by atoms with van der Waals surface area (Å²) in [5.74, 6) is 0.0788. The van der Waals surface area contributed by atoms with Crippen LogP contribution in [0.25, 0.3) is 21.6 Å². The van der Waals surface area contributed by atoms with Crippen LogP contribution < -0.4 is 16.0 Å². The van der Waals surface area contributed by atoms with Gasteiger partial charge in [0.1, 0.15) is 5.82 Å². The van der Waals surface area contributed by atoms with E-state index in [9.17, 15) is 9.59 Å². The fraction of sp³-hybridized carbons (Fsp3) is 0.292. The number of pyridine rings is 2. The quantitative estimate of drug-likeness (QED) is 0.457. The van der Waals surface area contributed by atoms with Crippen LogP contribution in [0.4, 0.5) is 11.5 Å². The number of carbonyl (C=O) groups is 2. The molecular formula is C24H25N7O2S. The maximum absolute atomic E-state index is 13.4. The Morgan fingerprint density at radius 2 is 2.12 bits per heavy atom. The van der Waals surface area contributed by atoms with Crippen LogP contribution in [0.15, 0.2) is 41.9 Å². The molecule has 0 saturated carbocycles. The Hall–Kier alpha value is -3.79. The van der Waals surface area contributed by atoms with Gasteiger partial charge in [-0.05, 0) is 49.4 Å². The molecule has 1 saturated heterocycles. The molecule has 10 heteroatoms. The Kier molecular flexibility index (Phi) is 5.74. The Morgan fingerprint density at radius 1 is 1.26 bits per heavy atom. The smallest absolute Gasteiger partial charge is 0.256 e. The molecule has 0 bridgehead atoms. The first kappa shape index (κ1) is 22.0. The highest BCUT2D eigenvalue weighted by atomic mass is 32.1. The molecule has 4 aromatic rings. The van der Waals surface area contributed by atoms with Gasteiger partial charge in [0, 0.05) is 20.1 Å². The van der Waals surface area contributed by atoms with Crippen molar-refractivity contribution < 1.29 is 9.59 Å². The van der Waals surface area contributed by atoms with Crippen LogP contribution >= 0.6 is 11.3 Å². The van der Waals surface area contributed by atoms with E-state index in [1.165, 1.54) is 0 Å². The Bertz CT molecular complexity index is 1360. The third-order valence-electron chi connectivity index (χ3n) is 6.14. The van der Waals surface area contributed by atoms with Crippen LogP contribution in [-0.2, 0) is 11.8 Å². The number of primary amides is 1. The lowest BCUT2D eigenvalue weighted by molar-refractivity contribution is -0.122. The zero-order valence-corrected chi connectivity index (χ0v) is 19.8. The number of nitrogens with one attached hydrogen (secondary N) is 1. The molecule has 1 unspecified atom stereocenters. The molecule has 2 amide bonds. The number of fused-ring (bicyclic) bond motifs is 1. The molecule has 0 aromatic carbocycles. The summed E-state index contributed by atoms with van der Waals surface area (Å²) >= 11 is 1.57. The Morgan fingerprint density at radius 3 is 2.82 bits per heavy atom. The highest BCUT2D eigenvalue weighted by molar-refractivity contribution is 7.13. The summed E-state index contributed by atoms with van der Waals surface area (Å²) < 4.78 is 1.70. The van der Waals surface area contributed by atoms with Gasteiger partial charge in [0.2, 0.25) is 5.91 Å². The van der Waals surface area contributed by atoms with Gasteiger partial charge in [-0.3, -0.25) is 14.3 Å². The molecule has 3 N–H and O–H groups in total. The van der Waals surface area contributed by atoms with E-state index in [0.29, 0.717) is 23.4 Å². The van der Waals surface area contributed by atoms with Gasteiger partial charge in [-0.15, -0.1) is 11.3 Å². The molecule has 5 heterocycles. The topological polar surface area (TPSA) is 119 Å². The average molecular weight is 476 g/mol. The molecule has 9 nitrogen and oxygen atoms in total. The van der Waals surface area contributed by atoms with E-state index < -0.39 is 0 Å². The number of nitrogens with two attached hydrogens (primary N) is 1. The van der Waals surface area contributed by atoms with Crippen molar-refractivity contribution >= 4 is 45.7 Å². The third kappa shape index (κ3) is 4.12. The number of carbonyl (C=O) groups excluding carboxylic acids is 2. The number of aryl methyl sites for hydroxylation is 2. The number of thiophene rings is 1. The summed E-state index contributed by atoms with van der Waals surface area (Å²) in [5.41, 5.74) is 8.74. The zero-order chi connectivity index (χ0) is 23.8. The van der Waals surface area contributed by atoms with Gasteiger partial charge < -0.3 is 16.0 Å². The minimum atomic E-state index is -0.273. The third-order valence-corrected chi connectivity index (χ3v) is 7.03. The van der Waals surface area contributed by atoms with Crippen molar-refractivity contribution in [3.63, 3.8) is 0 Å². The van der Waals surface area contributed by atoms with Gasteiger partial charge in [-0.25, -0.2) is 9.97 Å². The maximum Gasteiger partial charge on any atom is 0.256 e. The number of anilines is 2. The van der Waals surface area contributed by atoms with Crippen LogP contribution in [0, 0.1) is 12.8 Å². The second kappa shape index (κ2) is 8.86. The van der Waals surface area contributed by atoms with Gasteiger partial charge in [-0.1, -0.05) is 6.07 Å². The standard InChI is InChI=1S/C24H25N7O2S/c1-14-21-17(11-18(19-6-4-10-34-19)28-23(21)30(2)29-14)24(33)27-16-7-8-20(26-12-16)31-9-3-5-15(13-31)22(25)32/h4,6-8,10-12,15H,3,5,9,13H2,1-2H3,(H2,25,32)(H,27,33). The molecular weight excluding hydrogens is 450 g/mol. The molecule has 34 heavy (non-hydrogen) atoms. The highest BCUT2D eigenvalue weighted by Gasteiger charge is 2.25. The Balaban J connectivity index is 1.41. The van der Waals surface area contributed by atoms with Crippen LogP contribution in [0.1, 0.15) is 28.9 Å². The second-order valence-electron chi connectivity index (χ2n) is 8.49. The molecule has 1 aliphatic rings. The summed E-state index contributed by atoms with van der Waals surface area (Å²) in [6, 6.07) is 9.44. The second-order valence-corrected chi connectivity index (χ2v) is 9.43. The lowest BCUT2D eigenvalue weighted by Crippen LogP contribution is -2.41. The summed E-state index contributed by atoms with van der Waals surface area (Å²) in [6.45, 7) is 3.26. The van der Waals surface area contributed by atoms with Crippen LogP contribution in [0.2, 0.25) is 0 Å². The fourth-order valence-electron chi connectivity index (χ4n) is 4.44. The van der Waals surface area contributed by atoms with Crippen molar-refractivity contribution in [3.05, 3.63) is 53.2 Å². The lowest BCUT2D eigenvalue weighted by atomic mass is 9.97. The van der Waals surface area contributed by atoms with E-state index >= 15 is 0 Å². The SMILES string of the molecule is Cc1nn(C)c2nc(-c3cccs3)cc(C(=O)Nc3ccc(N4CCCC(C(N)=O)C4)nc3)c12. The molecule has 0 radical (unpaired) electrons. The normalized spacial score (nSPS) is 16.1. The van der Waals surface area contributed by atoms with Gasteiger partial charge in [-0.2, -0.15) is 5.10 Å². The average Bonchev–Trinajstić information content (AvgIpc) is 3.47. The van der Waals surface area contributed by atoms with Gasteiger partial charge >= 0.3 is 0 Å². The number of piperidine rings is 1. The van der Waals surface area contributed by atoms with Crippen LogP contribution in [0.3, 0.4) is 0 Å². The van der Waals surface area contributed by atoms with E-state index in [2.05, 4.69) is 20.3 Å². The first-order chi connectivity index (χ1) is 16.4. The Labute approximate surface area is 200 Å². The van der Waals surface area contributed by atoms with E-state index in [-0.39, 0.29) is 17.7 Å². The lowest BCUT2D eigenvalue weighted by Gasteiger charge is -2.32. The summed E-state index contributed by atoms with van der Waals surface area (Å²) in [6.07, 6.45) is 3.33. The first-order valence-corrected chi connectivity index (χ1v) is 12.0. The predicted molar refractivity (Wildman–Crippen MR) is 133 cm³/mol. The van der Waals surface area contributed by atoms with Crippen molar-refractivity contribution in [3.8, 4) is 10.6 Å². The van der Waals surface area contributed by atoms with Crippen molar-refractivity contribution in [1.82, 2.24) is 19.7 Å². The molecule has 4 aromatic heterocycles. The number of hydrogen-bond donors (Lipinski definition) is 2. The zero-order valence-electron chi connectivity index (χ0n) is 19.0. The molecule has 1 atom stereocenters. The molecule has 0 aliphatic carbocycles. The molecule has 174 valence electrons. The van der Waals surface area contributed by atoms with Crippen LogP contribution in [-0.4, -0.2) is 44.7 Å². The predicted octanol–water partition coefficient (Wildman–Crippen LogP) is 3.35. The van der Waals surface area contributed by atoms with Crippen molar-refractivity contribution in [2.45, 2.75) is 19.8 Å². The van der Waals surface area contributed by atoms with Crippen LogP contribution in [0.5, 0.6) is 0 Å². The van der Waals surface area contributed by atoms with Gasteiger partial charge in [0.25, 0.3) is 5.91 Å². The number of aromatic nitrogens is 4. The summed E-state index contributed by atoms with van der Waals surface area (Å²) in [7, 11) is 1.83. The van der Waals surface area contributed by atoms with Gasteiger partial charge in [0.15, 0.2) is 5.65 Å². The minimum absolute atomic E-state index is 0.163. The fourth-order valence-corrected chi connectivity index (χ4v) is 5.12. The van der Waals surface area contributed by atoms with E-state index in [1.54, 1.807) is 22.2 Å². The molecule has 5 rings (SSSR count). The van der Waals surface area contributed by atoms with E-state index in [0.717, 1.165) is 46.9 Å². The van der Waals surface area contributed by atoms with Gasteiger partial charge in [0.05, 0.1) is 45.0 Å².